The Morgan fingerprint density at radius 3 is 2.54 bits per heavy atom. The van der Waals surface area contributed by atoms with Gasteiger partial charge < -0.3 is 5.11 Å². The van der Waals surface area contributed by atoms with E-state index in [1.165, 1.54) is 0 Å². The van der Waals surface area contributed by atoms with Crippen LogP contribution < -0.4 is 0 Å². The Bertz CT molecular complexity index is 336. The van der Waals surface area contributed by atoms with Gasteiger partial charge in [0.2, 0.25) is 0 Å². The molecule has 1 rings (SSSR count). The lowest BCUT2D eigenvalue weighted by molar-refractivity contribution is 0.442. The van der Waals surface area contributed by atoms with E-state index in [4.69, 9.17) is 5.26 Å². The molecular formula is C11H13NO. The number of benzene rings is 1. The number of nitriles is 1. The summed E-state index contributed by atoms with van der Waals surface area (Å²) in [6.07, 6.45) is 0.580. The van der Waals surface area contributed by atoms with Gasteiger partial charge in [0, 0.05) is 0 Å². The Kier molecular flexibility index (Phi) is 2.57. The summed E-state index contributed by atoms with van der Waals surface area (Å²) < 4.78 is 0. The van der Waals surface area contributed by atoms with E-state index in [9.17, 15) is 5.11 Å². The van der Waals surface area contributed by atoms with Gasteiger partial charge in [0.15, 0.2) is 0 Å². The third kappa shape index (κ3) is 2.48. The number of hydrogen-bond acceptors (Lipinski definition) is 2. The molecule has 0 bridgehead atoms. The molecule has 1 aromatic carbocycles. The van der Waals surface area contributed by atoms with Gasteiger partial charge in [-0.05, 0) is 31.9 Å². The van der Waals surface area contributed by atoms with Crippen LogP contribution in [0.15, 0.2) is 24.3 Å². The van der Waals surface area contributed by atoms with E-state index in [1.807, 2.05) is 26.0 Å². The highest BCUT2D eigenvalue weighted by atomic mass is 16.3. The maximum atomic E-state index is 9.46. The molecule has 0 saturated heterocycles. The molecule has 13 heavy (non-hydrogen) atoms. The van der Waals surface area contributed by atoms with Crippen molar-refractivity contribution in [2.45, 2.75) is 20.3 Å². The van der Waals surface area contributed by atoms with Gasteiger partial charge in [-0.2, -0.15) is 5.26 Å². The van der Waals surface area contributed by atoms with Crippen LogP contribution >= 0.6 is 0 Å². The Morgan fingerprint density at radius 2 is 2.00 bits per heavy atom. The molecule has 0 aliphatic heterocycles. The molecule has 0 atom stereocenters. The molecule has 0 saturated carbocycles. The molecule has 68 valence electrons. The van der Waals surface area contributed by atoms with Crippen molar-refractivity contribution in [1.82, 2.24) is 0 Å². The first-order chi connectivity index (χ1) is 6.05. The summed E-state index contributed by atoms with van der Waals surface area (Å²) in [6, 6.07) is 9.33. The number of phenols is 1. The smallest absolute Gasteiger partial charge is 0.118 e. The lowest BCUT2D eigenvalue weighted by Crippen LogP contribution is -2.11. The number of rotatable bonds is 2. The molecular weight excluding hydrogens is 162 g/mol. The second-order valence-electron chi connectivity index (χ2n) is 3.80. The lowest BCUT2D eigenvalue weighted by atomic mass is 9.87. The molecule has 0 aromatic heterocycles. The van der Waals surface area contributed by atoms with Gasteiger partial charge in [-0.1, -0.05) is 18.2 Å². The van der Waals surface area contributed by atoms with Crippen LogP contribution in [0.3, 0.4) is 0 Å². The van der Waals surface area contributed by atoms with E-state index in [0.29, 0.717) is 6.42 Å². The van der Waals surface area contributed by atoms with Crippen LogP contribution in [-0.4, -0.2) is 5.11 Å². The Labute approximate surface area is 78.4 Å². The summed E-state index contributed by atoms with van der Waals surface area (Å²) in [5.74, 6) is 0.269. The number of aromatic hydroxyl groups is 1. The molecule has 2 heteroatoms. The fourth-order valence-electron chi connectivity index (χ4n) is 1.18. The fourth-order valence-corrected chi connectivity index (χ4v) is 1.18. The zero-order chi connectivity index (χ0) is 9.90. The average molecular weight is 175 g/mol. The molecule has 0 aliphatic rings. The summed E-state index contributed by atoms with van der Waals surface area (Å²) in [7, 11) is 0. The SMILES string of the molecule is CC(C)(C#N)Cc1ccccc1O. The molecule has 0 fully saturated rings. The molecule has 0 spiro atoms. The minimum Gasteiger partial charge on any atom is -0.508 e. The Morgan fingerprint density at radius 1 is 1.38 bits per heavy atom. The molecule has 0 unspecified atom stereocenters. The fraction of sp³-hybridized carbons (Fsp3) is 0.364. The monoisotopic (exact) mass is 175 g/mol. The highest BCUT2D eigenvalue weighted by molar-refractivity contribution is 5.33. The average Bonchev–Trinajstić information content (AvgIpc) is 2.09. The maximum absolute atomic E-state index is 9.46. The van der Waals surface area contributed by atoms with Crippen molar-refractivity contribution in [3.05, 3.63) is 29.8 Å². The lowest BCUT2D eigenvalue weighted by Gasteiger charge is -2.15. The van der Waals surface area contributed by atoms with Crippen LogP contribution in [0, 0.1) is 16.7 Å². The normalized spacial score (nSPS) is 10.8. The topological polar surface area (TPSA) is 44.0 Å². The molecule has 1 aromatic rings. The summed E-state index contributed by atoms with van der Waals surface area (Å²) in [5.41, 5.74) is 0.410. The van der Waals surface area contributed by atoms with Crippen LogP contribution in [0.4, 0.5) is 0 Å². The molecule has 0 radical (unpaired) electrons. The van der Waals surface area contributed by atoms with Gasteiger partial charge in [-0.3, -0.25) is 0 Å². The van der Waals surface area contributed by atoms with E-state index in [1.54, 1.807) is 12.1 Å². The van der Waals surface area contributed by atoms with Crippen molar-refractivity contribution in [2.24, 2.45) is 5.41 Å². The van der Waals surface area contributed by atoms with Crippen molar-refractivity contribution in [2.75, 3.05) is 0 Å². The van der Waals surface area contributed by atoms with Gasteiger partial charge in [0.05, 0.1) is 11.5 Å². The first kappa shape index (κ1) is 9.60. The van der Waals surface area contributed by atoms with Crippen LogP contribution in [-0.2, 0) is 6.42 Å². The van der Waals surface area contributed by atoms with E-state index < -0.39 is 5.41 Å². The van der Waals surface area contributed by atoms with E-state index in [0.717, 1.165) is 5.56 Å². The van der Waals surface area contributed by atoms with Crippen molar-refractivity contribution < 1.29 is 5.11 Å². The van der Waals surface area contributed by atoms with Gasteiger partial charge in [0.25, 0.3) is 0 Å². The minimum atomic E-state index is -0.418. The molecule has 0 aliphatic carbocycles. The molecule has 1 N–H and O–H groups in total. The summed E-state index contributed by atoms with van der Waals surface area (Å²) in [5, 5.41) is 18.3. The number of para-hydroxylation sites is 1. The van der Waals surface area contributed by atoms with E-state index >= 15 is 0 Å². The van der Waals surface area contributed by atoms with E-state index in [2.05, 4.69) is 6.07 Å². The second-order valence-corrected chi connectivity index (χ2v) is 3.80. The maximum Gasteiger partial charge on any atom is 0.118 e. The summed E-state index contributed by atoms with van der Waals surface area (Å²) in [4.78, 5) is 0. The van der Waals surface area contributed by atoms with Gasteiger partial charge in [-0.15, -0.1) is 0 Å². The third-order valence-corrected chi connectivity index (χ3v) is 1.93. The predicted molar refractivity (Wildman–Crippen MR) is 51.2 cm³/mol. The van der Waals surface area contributed by atoms with Gasteiger partial charge in [0.1, 0.15) is 5.75 Å². The van der Waals surface area contributed by atoms with Crippen LogP contribution in [0.5, 0.6) is 5.75 Å². The summed E-state index contributed by atoms with van der Waals surface area (Å²) >= 11 is 0. The highest BCUT2D eigenvalue weighted by Gasteiger charge is 2.18. The largest absolute Gasteiger partial charge is 0.508 e. The molecule has 0 amide bonds. The second kappa shape index (κ2) is 3.49. The van der Waals surface area contributed by atoms with Crippen molar-refractivity contribution in [1.29, 1.82) is 5.26 Å². The van der Waals surface area contributed by atoms with E-state index in [-0.39, 0.29) is 5.75 Å². The Balaban J connectivity index is 2.88. The minimum absolute atomic E-state index is 0.269. The number of hydrogen-bond donors (Lipinski definition) is 1. The van der Waals surface area contributed by atoms with Crippen LogP contribution in [0.25, 0.3) is 0 Å². The Hall–Kier alpha value is -1.49. The van der Waals surface area contributed by atoms with Crippen molar-refractivity contribution >= 4 is 0 Å². The first-order valence-electron chi connectivity index (χ1n) is 4.23. The van der Waals surface area contributed by atoms with Gasteiger partial charge >= 0.3 is 0 Å². The van der Waals surface area contributed by atoms with Crippen molar-refractivity contribution in [3.63, 3.8) is 0 Å². The van der Waals surface area contributed by atoms with Crippen LogP contribution in [0.2, 0.25) is 0 Å². The first-order valence-corrected chi connectivity index (χ1v) is 4.23. The highest BCUT2D eigenvalue weighted by Crippen LogP contribution is 2.25. The molecule has 0 heterocycles. The van der Waals surface area contributed by atoms with Gasteiger partial charge in [-0.25, -0.2) is 0 Å². The number of nitrogens with zero attached hydrogens (tertiary/aromatic N) is 1. The zero-order valence-corrected chi connectivity index (χ0v) is 7.91. The summed E-state index contributed by atoms with van der Waals surface area (Å²) in [6.45, 7) is 3.72. The standard InChI is InChI=1S/C11H13NO/c1-11(2,8-12)7-9-5-3-4-6-10(9)13/h3-6,13H,7H2,1-2H3. The number of phenolic OH excluding ortho intramolecular Hbond substituents is 1. The quantitative estimate of drug-likeness (QED) is 0.750. The van der Waals surface area contributed by atoms with Crippen molar-refractivity contribution in [3.8, 4) is 11.8 Å². The van der Waals surface area contributed by atoms with Crippen LogP contribution in [0.1, 0.15) is 19.4 Å². The molecule has 2 nitrogen and oxygen atoms in total. The zero-order valence-electron chi connectivity index (χ0n) is 7.91. The third-order valence-electron chi connectivity index (χ3n) is 1.93. The predicted octanol–water partition coefficient (Wildman–Crippen LogP) is 2.48.